The van der Waals surface area contributed by atoms with E-state index in [0.29, 0.717) is 30.5 Å². The van der Waals surface area contributed by atoms with Crippen LogP contribution in [0.25, 0.3) is 0 Å². The summed E-state index contributed by atoms with van der Waals surface area (Å²) in [4.78, 5) is 2.62. The standard InChI is InChI=1S/C25H34N2O6S/c1-30-21-5-6-22(31-2)25(15-21)34(28,29)27-11-7-18(8-12-27)16-26-10-9-19-13-23(32-3)24(33-4)14-20(19)17-26/h5-6,13-15,18H,7-12,16-17H2,1-4H3. The maximum atomic E-state index is 13.3. The number of ether oxygens (including phenoxy) is 4. The molecule has 34 heavy (non-hydrogen) atoms. The van der Waals surface area contributed by atoms with E-state index in [2.05, 4.69) is 17.0 Å². The van der Waals surface area contributed by atoms with Crippen LogP contribution in [0.1, 0.15) is 24.0 Å². The lowest BCUT2D eigenvalue weighted by Gasteiger charge is -2.36. The zero-order chi connectivity index (χ0) is 24.3. The summed E-state index contributed by atoms with van der Waals surface area (Å²) < 4.78 is 49.7. The molecule has 0 amide bonds. The van der Waals surface area contributed by atoms with Crippen molar-refractivity contribution in [2.75, 3.05) is 54.6 Å². The van der Waals surface area contributed by atoms with Crippen LogP contribution in [0.4, 0.5) is 0 Å². The van der Waals surface area contributed by atoms with E-state index in [0.717, 1.165) is 50.4 Å². The van der Waals surface area contributed by atoms with Gasteiger partial charge >= 0.3 is 0 Å². The Morgan fingerprint density at radius 2 is 1.47 bits per heavy atom. The van der Waals surface area contributed by atoms with Gasteiger partial charge in [0.1, 0.15) is 16.4 Å². The second-order valence-corrected chi connectivity index (χ2v) is 10.7. The van der Waals surface area contributed by atoms with Crippen molar-refractivity contribution >= 4 is 10.0 Å². The number of methoxy groups -OCH3 is 4. The molecule has 4 rings (SSSR count). The molecule has 0 N–H and O–H groups in total. The summed E-state index contributed by atoms with van der Waals surface area (Å²) in [5.74, 6) is 2.82. The van der Waals surface area contributed by atoms with Crippen LogP contribution < -0.4 is 18.9 Å². The Morgan fingerprint density at radius 1 is 0.824 bits per heavy atom. The number of sulfonamides is 1. The second-order valence-electron chi connectivity index (χ2n) is 8.83. The van der Waals surface area contributed by atoms with Gasteiger partial charge in [-0.2, -0.15) is 4.31 Å². The minimum absolute atomic E-state index is 0.157. The first-order chi connectivity index (χ1) is 16.4. The van der Waals surface area contributed by atoms with Crippen LogP contribution in [0.3, 0.4) is 0 Å². The van der Waals surface area contributed by atoms with E-state index in [-0.39, 0.29) is 4.90 Å². The molecular formula is C25H34N2O6S. The van der Waals surface area contributed by atoms with Crippen molar-refractivity contribution in [2.24, 2.45) is 5.92 Å². The first-order valence-electron chi connectivity index (χ1n) is 11.6. The van der Waals surface area contributed by atoms with Gasteiger partial charge in [0.05, 0.1) is 28.4 Å². The van der Waals surface area contributed by atoms with Crippen molar-refractivity contribution in [1.82, 2.24) is 9.21 Å². The predicted molar refractivity (Wildman–Crippen MR) is 130 cm³/mol. The Hall–Kier alpha value is -2.49. The molecule has 2 aliphatic rings. The van der Waals surface area contributed by atoms with Gasteiger partial charge in [-0.25, -0.2) is 8.42 Å². The van der Waals surface area contributed by atoms with Crippen LogP contribution in [0.15, 0.2) is 35.2 Å². The molecule has 0 aliphatic carbocycles. The van der Waals surface area contributed by atoms with Gasteiger partial charge in [-0.15, -0.1) is 0 Å². The topological polar surface area (TPSA) is 77.5 Å². The molecule has 0 atom stereocenters. The number of benzene rings is 2. The van der Waals surface area contributed by atoms with Gasteiger partial charge in [0.15, 0.2) is 11.5 Å². The molecule has 0 saturated carbocycles. The molecule has 2 aromatic carbocycles. The van der Waals surface area contributed by atoms with Crippen LogP contribution in [-0.4, -0.2) is 72.2 Å². The molecule has 0 radical (unpaired) electrons. The number of fused-ring (bicyclic) bond motifs is 1. The summed E-state index contributed by atoms with van der Waals surface area (Å²) >= 11 is 0. The van der Waals surface area contributed by atoms with E-state index >= 15 is 0 Å². The highest BCUT2D eigenvalue weighted by molar-refractivity contribution is 7.89. The van der Waals surface area contributed by atoms with E-state index in [1.54, 1.807) is 30.7 Å². The first kappa shape index (κ1) is 24.6. The fraction of sp³-hybridized carbons (Fsp3) is 0.520. The Labute approximate surface area is 202 Å². The Balaban J connectivity index is 1.39. The molecule has 1 saturated heterocycles. The van der Waals surface area contributed by atoms with Crippen LogP contribution in [-0.2, 0) is 23.0 Å². The van der Waals surface area contributed by atoms with Gasteiger partial charge in [0, 0.05) is 38.8 Å². The number of nitrogens with zero attached hydrogens (tertiary/aromatic N) is 2. The van der Waals surface area contributed by atoms with E-state index in [4.69, 9.17) is 18.9 Å². The van der Waals surface area contributed by atoms with E-state index in [1.165, 1.54) is 31.4 Å². The quantitative estimate of drug-likeness (QED) is 0.562. The van der Waals surface area contributed by atoms with Crippen LogP contribution >= 0.6 is 0 Å². The molecule has 186 valence electrons. The minimum atomic E-state index is -3.66. The van der Waals surface area contributed by atoms with Gasteiger partial charge in [-0.1, -0.05) is 0 Å². The van der Waals surface area contributed by atoms with Gasteiger partial charge in [-0.05, 0) is 60.6 Å². The summed E-state index contributed by atoms with van der Waals surface area (Å²) in [5, 5.41) is 0. The highest BCUT2D eigenvalue weighted by Gasteiger charge is 2.33. The third-order valence-electron chi connectivity index (χ3n) is 6.88. The Morgan fingerprint density at radius 3 is 2.09 bits per heavy atom. The van der Waals surface area contributed by atoms with Crippen LogP contribution in [0.2, 0.25) is 0 Å². The second kappa shape index (κ2) is 10.4. The molecule has 2 heterocycles. The summed E-state index contributed by atoms with van der Waals surface area (Å²) in [6.45, 7) is 3.83. The van der Waals surface area contributed by atoms with Crippen molar-refractivity contribution in [1.29, 1.82) is 0 Å². The molecule has 1 fully saturated rings. The third kappa shape index (κ3) is 4.96. The fourth-order valence-corrected chi connectivity index (χ4v) is 6.56. The zero-order valence-electron chi connectivity index (χ0n) is 20.4. The molecule has 9 heteroatoms. The van der Waals surface area contributed by atoms with Gasteiger partial charge < -0.3 is 18.9 Å². The summed E-state index contributed by atoms with van der Waals surface area (Å²) in [7, 11) is 2.67. The largest absolute Gasteiger partial charge is 0.497 e. The average molecular weight is 491 g/mol. The summed E-state index contributed by atoms with van der Waals surface area (Å²) in [6.07, 6.45) is 2.64. The lowest BCUT2D eigenvalue weighted by atomic mass is 9.94. The average Bonchev–Trinajstić information content (AvgIpc) is 2.87. The number of hydrogen-bond donors (Lipinski definition) is 0. The van der Waals surface area contributed by atoms with Gasteiger partial charge in [-0.3, -0.25) is 4.90 Å². The predicted octanol–water partition coefficient (Wildman–Crippen LogP) is 3.18. The normalized spacial score (nSPS) is 17.8. The van der Waals surface area contributed by atoms with E-state index in [1.807, 2.05) is 0 Å². The van der Waals surface area contributed by atoms with Crippen molar-refractivity contribution in [3.63, 3.8) is 0 Å². The molecule has 0 aromatic heterocycles. The number of rotatable bonds is 8. The van der Waals surface area contributed by atoms with E-state index < -0.39 is 10.0 Å². The van der Waals surface area contributed by atoms with Crippen molar-refractivity contribution < 1.29 is 27.4 Å². The van der Waals surface area contributed by atoms with Crippen molar-refractivity contribution in [2.45, 2.75) is 30.7 Å². The SMILES string of the molecule is COc1ccc(OC)c(S(=O)(=O)N2CCC(CN3CCc4cc(OC)c(OC)cc4C3)CC2)c1. The summed E-state index contributed by atoms with van der Waals surface area (Å²) in [5.41, 5.74) is 2.58. The molecule has 2 aromatic rings. The third-order valence-corrected chi connectivity index (χ3v) is 8.80. The van der Waals surface area contributed by atoms with Crippen LogP contribution in [0.5, 0.6) is 23.0 Å². The summed E-state index contributed by atoms with van der Waals surface area (Å²) in [6, 6.07) is 9.04. The molecule has 0 unspecified atom stereocenters. The smallest absolute Gasteiger partial charge is 0.246 e. The fourth-order valence-electron chi connectivity index (χ4n) is 4.92. The minimum Gasteiger partial charge on any atom is -0.497 e. The molecule has 0 bridgehead atoms. The number of hydrogen-bond acceptors (Lipinski definition) is 7. The van der Waals surface area contributed by atoms with Crippen molar-refractivity contribution in [3.8, 4) is 23.0 Å². The number of piperidine rings is 1. The Bertz CT molecular complexity index is 1110. The van der Waals surface area contributed by atoms with Gasteiger partial charge in [0.2, 0.25) is 10.0 Å². The highest BCUT2D eigenvalue weighted by Crippen LogP contribution is 2.35. The molecule has 2 aliphatic heterocycles. The van der Waals surface area contributed by atoms with Crippen LogP contribution in [0, 0.1) is 5.92 Å². The first-order valence-corrected chi connectivity index (χ1v) is 13.0. The monoisotopic (exact) mass is 490 g/mol. The Kier molecular flexibility index (Phi) is 7.54. The lowest BCUT2D eigenvalue weighted by molar-refractivity contribution is 0.171. The maximum Gasteiger partial charge on any atom is 0.246 e. The molecule has 8 nitrogen and oxygen atoms in total. The lowest BCUT2D eigenvalue weighted by Crippen LogP contribution is -2.42. The molecule has 0 spiro atoms. The van der Waals surface area contributed by atoms with Crippen molar-refractivity contribution in [3.05, 3.63) is 41.5 Å². The molecular weight excluding hydrogens is 456 g/mol. The highest BCUT2D eigenvalue weighted by atomic mass is 32.2. The maximum absolute atomic E-state index is 13.3. The van der Waals surface area contributed by atoms with E-state index in [9.17, 15) is 8.42 Å². The zero-order valence-corrected chi connectivity index (χ0v) is 21.2. The van der Waals surface area contributed by atoms with Gasteiger partial charge in [0.25, 0.3) is 0 Å².